The summed E-state index contributed by atoms with van der Waals surface area (Å²) in [6.45, 7) is 2.69. The van der Waals surface area contributed by atoms with Crippen molar-refractivity contribution >= 4 is 5.91 Å². The van der Waals surface area contributed by atoms with Gasteiger partial charge in [0, 0.05) is 32.2 Å². The van der Waals surface area contributed by atoms with Crippen molar-refractivity contribution in [2.24, 2.45) is 0 Å². The van der Waals surface area contributed by atoms with Crippen molar-refractivity contribution in [2.75, 3.05) is 26.2 Å². The summed E-state index contributed by atoms with van der Waals surface area (Å²) in [4.78, 5) is 29.8. The molecule has 0 radical (unpaired) electrons. The predicted molar refractivity (Wildman–Crippen MR) is 132 cm³/mol. The standard InChI is InChI=1S/C28H26N4O2/c33-26-17-16-25(29-32(26)24-14-8-3-9-15-24)28(34)31-20-18-30(19-21-31)27(22-10-4-1-5-11-22)23-12-6-2-7-13-23/h1-17,27H,18-21H2. The molecule has 0 saturated carbocycles. The van der Waals surface area contributed by atoms with Gasteiger partial charge in [0.25, 0.3) is 11.5 Å². The molecule has 170 valence electrons. The van der Waals surface area contributed by atoms with Gasteiger partial charge < -0.3 is 4.90 Å². The summed E-state index contributed by atoms with van der Waals surface area (Å²) in [6.07, 6.45) is 0. The number of carbonyl (C=O) groups excluding carboxylic acids is 1. The second-order valence-corrected chi connectivity index (χ2v) is 8.36. The lowest BCUT2D eigenvalue weighted by molar-refractivity contribution is 0.0590. The summed E-state index contributed by atoms with van der Waals surface area (Å²) in [6, 6.07) is 33.2. The van der Waals surface area contributed by atoms with Crippen LogP contribution in [0.4, 0.5) is 0 Å². The van der Waals surface area contributed by atoms with E-state index in [2.05, 4.69) is 58.5 Å². The molecule has 0 spiro atoms. The van der Waals surface area contributed by atoms with Crippen LogP contribution in [0, 0.1) is 0 Å². The fourth-order valence-electron chi connectivity index (χ4n) is 4.51. The molecule has 1 amide bonds. The van der Waals surface area contributed by atoms with Crippen LogP contribution in [0.1, 0.15) is 27.7 Å². The van der Waals surface area contributed by atoms with Crippen LogP contribution in [0.2, 0.25) is 0 Å². The zero-order valence-electron chi connectivity index (χ0n) is 18.8. The Morgan fingerprint density at radius 3 is 1.76 bits per heavy atom. The maximum Gasteiger partial charge on any atom is 0.274 e. The van der Waals surface area contributed by atoms with Gasteiger partial charge in [-0.05, 0) is 29.3 Å². The average Bonchev–Trinajstić information content (AvgIpc) is 2.91. The monoisotopic (exact) mass is 450 g/mol. The molecule has 2 heterocycles. The maximum atomic E-state index is 13.2. The van der Waals surface area contributed by atoms with E-state index >= 15 is 0 Å². The van der Waals surface area contributed by atoms with E-state index in [9.17, 15) is 9.59 Å². The Balaban J connectivity index is 1.34. The minimum atomic E-state index is -0.263. The van der Waals surface area contributed by atoms with E-state index in [0.29, 0.717) is 18.8 Å². The Kier molecular flexibility index (Phi) is 6.31. The van der Waals surface area contributed by atoms with Crippen LogP contribution >= 0.6 is 0 Å². The highest BCUT2D eigenvalue weighted by atomic mass is 16.2. The topological polar surface area (TPSA) is 58.4 Å². The minimum Gasteiger partial charge on any atom is -0.335 e. The molecule has 0 atom stereocenters. The van der Waals surface area contributed by atoms with Gasteiger partial charge in [-0.2, -0.15) is 9.78 Å². The van der Waals surface area contributed by atoms with Crippen LogP contribution < -0.4 is 5.56 Å². The summed E-state index contributed by atoms with van der Waals surface area (Å²) < 4.78 is 1.28. The molecule has 0 unspecified atom stereocenters. The van der Waals surface area contributed by atoms with Gasteiger partial charge in [-0.15, -0.1) is 0 Å². The number of para-hydroxylation sites is 1. The van der Waals surface area contributed by atoms with E-state index in [4.69, 9.17) is 0 Å². The zero-order chi connectivity index (χ0) is 23.3. The van der Waals surface area contributed by atoms with Crippen molar-refractivity contribution in [3.8, 4) is 5.69 Å². The molecule has 34 heavy (non-hydrogen) atoms. The van der Waals surface area contributed by atoms with Crippen LogP contribution in [0.25, 0.3) is 5.69 Å². The Morgan fingerprint density at radius 1 is 0.676 bits per heavy atom. The Labute approximate surface area is 198 Å². The average molecular weight is 451 g/mol. The molecule has 1 saturated heterocycles. The van der Waals surface area contributed by atoms with E-state index < -0.39 is 0 Å². The van der Waals surface area contributed by atoms with Gasteiger partial charge in [-0.1, -0.05) is 78.9 Å². The molecule has 5 rings (SSSR count). The number of hydrogen-bond acceptors (Lipinski definition) is 4. The van der Waals surface area contributed by atoms with Gasteiger partial charge in [-0.25, -0.2) is 0 Å². The smallest absolute Gasteiger partial charge is 0.274 e. The van der Waals surface area contributed by atoms with Crippen LogP contribution in [0.5, 0.6) is 0 Å². The highest BCUT2D eigenvalue weighted by Gasteiger charge is 2.29. The van der Waals surface area contributed by atoms with Crippen molar-refractivity contribution in [1.29, 1.82) is 0 Å². The quantitative estimate of drug-likeness (QED) is 0.464. The fraction of sp³-hybridized carbons (Fsp3) is 0.179. The van der Waals surface area contributed by atoms with Gasteiger partial charge in [0.15, 0.2) is 0 Å². The van der Waals surface area contributed by atoms with Crippen LogP contribution in [-0.4, -0.2) is 51.7 Å². The number of aromatic nitrogens is 2. The van der Waals surface area contributed by atoms with Crippen LogP contribution in [0.3, 0.4) is 0 Å². The zero-order valence-corrected chi connectivity index (χ0v) is 18.8. The molecule has 0 N–H and O–H groups in total. The molecule has 0 aliphatic carbocycles. The molecule has 1 fully saturated rings. The van der Waals surface area contributed by atoms with Gasteiger partial charge in [-0.3, -0.25) is 14.5 Å². The summed E-state index contributed by atoms with van der Waals surface area (Å²) in [7, 11) is 0. The SMILES string of the molecule is O=C(c1ccc(=O)n(-c2ccccc2)n1)N1CCN(C(c2ccccc2)c2ccccc2)CC1. The molecule has 0 bridgehead atoms. The van der Waals surface area contributed by atoms with E-state index in [1.165, 1.54) is 27.9 Å². The maximum absolute atomic E-state index is 13.2. The van der Waals surface area contributed by atoms with Crippen molar-refractivity contribution in [3.63, 3.8) is 0 Å². The minimum absolute atomic E-state index is 0.137. The largest absolute Gasteiger partial charge is 0.335 e. The first-order chi connectivity index (χ1) is 16.7. The number of hydrogen-bond donors (Lipinski definition) is 0. The highest BCUT2D eigenvalue weighted by Crippen LogP contribution is 2.29. The highest BCUT2D eigenvalue weighted by molar-refractivity contribution is 5.92. The molecule has 1 aliphatic rings. The lowest BCUT2D eigenvalue weighted by atomic mass is 9.96. The number of nitrogens with zero attached hydrogens (tertiary/aromatic N) is 4. The lowest BCUT2D eigenvalue weighted by Crippen LogP contribution is -2.50. The summed E-state index contributed by atoms with van der Waals surface area (Å²) in [5, 5.41) is 4.37. The molecule has 6 nitrogen and oxygen atoms in total. The first-order valence-electron chi connectivity index (χ1n) is 11.5. The van der Waals surface area contributed by atoms with Crippen molar-refractivity contribution in [3.05, 3.63) is 130 Å². The Bertz CT molecular complexity index is 1260. The van der Waals surface area contributed by atoms with Gasteiger partial charge in [0.1, 0.15) is 5.69 Å². The molecule has 1 aliphatic heterocycles. The summed E-state index contributed by atoms with van der Waals surface area (Å²) in [5.74, 6) is -0.152. The van der Waals surface area contributed by atoms with Crippen molar-refractivity contribution in [1.82, 2.24) is 19.6 Å². The van der Waals surface area contributed by atoms with Gasteiger partial charge in [0.2, 0.25) is 0 Å². The molecular weight excluding hydrogens is 424 g/mol. The van der Waals surface area contributed by atoms with E-state index in [1.807, 2.05) is 35.2 Å². The number of carbonyl (C=O) groups is 1. The third-order valence-electron chi connectivity index (χ3n) is 6.22. The fourth-order valence-corrected chi connectivity index (χ4v) is 4.51. The normalized spacial score (nSPS) is 14.3. The predicted octanol–water partition coefficient (Wildman–Crippen LogP) is 3.78. The second kappa shape index (κ2) is 9.85. The number of benzene rings is 3. The Hall–Kier alpha value is -4.03. The third-order valence-corrected chi connectivity index (χ3v) is 6.22. The molecular formula is C28H26N4O2. The van der Waals surface area contributed by atoms with Crippen LogP contribution in [-0.2, 0) is 0 Å². The molecule has 3 aromatic carbocycles. The van der Waals surface area contributed by atoms with E-state index in [0.717, 1.165) is 13.1 Å². The van der Waals surface area contributed by atoms with Crippen molar-refractivity contribution < 1.29 is 4.79 Å². The molecule has 1 aromatic heterocycles. The number of piperazine rings is 1. The second-order valence-electron chi connectivity index (χ2n) is 8.36. The lowest BCUT2D eigenvalue weighted by Gasteiger charge is -2.39. The molecule has 6 heteroatoms. The Morgan fingerprint density at radius 2 is 1.21 bits per heavy atom. The first kappa shape index (κ1) is 21.8. The van der Waals surface area contributed by atoms with Crippen molar-refractivity contribution in [2.45, 2.75) is 6.04 Å². The third kappa shape index (κ3) is 4.54. The van der Waals surface area contributed by atoms with Gasteiger partial charge >= 0.3 is 0 Å². The van der Waals surface area contributed by atoms with E-state index in [-0.39, 0.29) is 23.2 Å². The molecule has 4 aromatic rings. The number of amides is 1. The summed E-state index contributed by atoms with van der Waals surface area (Å²) >= 11 is 0. The summed E-state index contributed by atoms with van der Waals surface area (Å²) in [5.41, 5.74) is 3.14. The number of rotatable bonds is 5. The first-order valence-corrected chi connectivity index (χ1v) is 11.5. The van der Waals surface area contributed by atoms with Crippen LogP contribution in [0.15, 0.2) is 108 Å². The van der Waals surface area contributed by atoms with E-state index in [1.54, 1.807) is 12.1 Å². The van der Waals surface area contributed by atoms with Gasteiger partial charge in [0.05, 0.1) is 11.7 Å².